The molecule has 44 heavy (non-hydrogen) atoms. The normalized spacial score (nSPS) is 17.5. The van der Waals surface area contributed by atoms with E-state index in [0.717, 1.165) is 19.4 Å². The predicted octanol–water partition coefficient (Wildman–Crippen LogP) is 7.01. The molecule has 2 unspecified atom stereocenters. The summed E-state index contributed by atoms with van der Waals surface area (Å²) in [6.45, 7) is 11.4. The van der Waals surface area contributed by atoms with Crippen molar-refractivity contribution in [3.63, 3.8) is 0 Å². The first-order valence-corrected chi connectivity index (χ1v) is 16.5. The molecular formula is C36H46Cl2N4O2. The van der Waals surface area contributed by atoms with Crippen molar-refractivity contribution in [2.75, 3.05) is 26.2 Å². The third-order valence-corrected chi connectivity index (χ3v) is 9.30. The standard InChI is InChI=1S/C36H46Cl2N4O2/c1-25(2)42(26(3)4)22-19-34-36(44)41(24-31(27-11-7-5-8-12-27)28-13-9-6-10-14-28)21-18-30(40-34)17-20-39-35(43)29-15-16-32(37)33(38)23-29/h5-16,23,25-26,30-31,34,40H,17-22,24H2,1-4H3,(H,39,43). The van der Waals surface area contributed by atoms with E-state index in [1.807, 2.05) is 12.1 Å². The van der Waals surface area contributed by atoms with Gasteiger partial charge in [0.25, 0.3) is 5.91 Å². The Balaban J connectivity index is 1.50. The van der Waals surface area contributed by atoms with Crippen molar-refractivity contribution in [2.24, 2.45) is 0 Å². The summed E-state index contributed by atoms with van der Waals surface area (Å²) in [4.78, 5) is 31.5. The van der Waals surface area contributed by atoms with Gasteiger partial charge in [-0.3, -0.25) is 14.5 Å². The molecule has 1 heterocycles. The Bertz CT molecular complexity index is 1310. The van der Waals surface area contributed by atoms with Gasteiger partial charge < -0.3 is 15.5 Å². The summed E-state index contributed by atoms with van der Waals surface area (Å²) in [5.41, 5.74) is 2.88. The van der Waals surface area contributed by atoms with Gasteiger partial charge in [0.1, 0.15) is 0 Å². The molecule has 4 rings (SSSR count). The van der Waals surface area contributed by atoms with Crippen LogP contribution in [0.5, 0.6) is 0 Å². The van der Waals surface area contributed by atoms with E-state index in [1.54, 1.807) is 18.2 Å². The molecule has 2 N–H and O–H groups in total. The Kier molecular flexibility index (Phi) is 12.7. The predicted molar refractivity (Wildman–Crippen MR) is 182 cm³/mol. The molecule has 6 nitrogen and oxygen atoms in total. The lowest BCUT2D eigenvalue weighted by molar-refractivity contribution is -0.133. The molecule has 0 saturated carbocycles. The Labute approximate surface area is 273 Å². The van der Waals surface area contributed by atoms with Crippen molar-refractivity contribution >= 4 is 35.0 Å². The second-order valence-corrected chi connectivity index (χ2v) is 13.1. The van der Waals surface area contributed by atoms with Gasteiger partial charge in [0.15, 0.2) is 0 Å². The first-order chi connectivity index (χ1) is 21.1. The Morgan fingerprint density at radius 2 is 1.52 bits per heavy atom. The fraction of sp³-hybridized carbons (Fsp3) is 0.444. The Hall–Kier alpha value is -2.90. The summed E-state index contributed by atoms with van der Waals surface area (Å²) in [6.07, 6.45) is 2.24. The summed E-state index contributed by atoms with van der Waals surface area (Å²) < 4.78 is 0. The molecule has 1 saturated heterocycles. The zero-order valence-electron chi connectivity index (χ0n) is 26.3. The number of halogens is 2. The van der Waals surface area contributed by atoms with Crippen LogP contribution in [0.2, 0.25) is 10.0 Å². The van der Waals surface area contributed by atoms with Crippen molar-refractivity contribution < 1.29 is 9.59 Å². The fourth-order valence-corrected chi connectivity index (χ4v) is 6.48. The van der Waals surface area contributed by atoms with Gasteiger partial charge in [-0.2, -0.15) is 0 Å². The van der Waals surface area contributed by atoms with Gasteiger partial charge in [-0.15, -0.1) is 0 Å². The number of benzene rings is 3. The number of carbonyl (C=O) groups is 2. The van der Waals surface area contributed by atoms with E-state index in [9.17, 15) is 9.59 Å². The Morgan fingerprint density at radius 3 is 2.09 bits per heavy atom. The molecule has 0 spiro atoms. The van der Waals surface area contributed by atoms with Crippen molar-refractivity contribution in [3.05, 3.63) is 106 Å². The topological polar surface area (TPSA) is 64.7 Å². The Morgan fingerprint density at radius 1 is 0.909 bits per heavy atom. The maximum absolute atomic E-state index is 14.2. The van der Waals surface area contributed by atoms with Gasteiger partial charge >= 0.3 is 0 Å². The van der Waals surface area contributed by atoms with Crippen LogP contribution < -0.4 is 10.6 Å². The molecule has 0 aliphatic carbocycles. The average Bonchev–Trinajstić information content (AvgIpc) is 3.15. The van der Waals surface area contributed by atoms with Gasteiger partial charge in [-0.05, 0) is 76.3 Å². The molecule has 236 valence electrons. The summed E-state index contributed by atoms with van der Waals surface area (Å²) in [7, 11) is 0. The molecule has 0 bridgehead atoms. The minimum absolute atomic E-state index is 0.0758. The maximum atomic E-state index is 14.2. The van der Waals surface area contributed by atoms with E-state index in [2.05, 4.69) is 96.7 Å². The number of nitrogens with one attached hydrogen (secondary N) is 2. The molecule has 0 radical (unpaired) electrons. The summed E-state index contributed by atoms with van der Waals surface area (Å²) in [6, 6.07) is 26.4. The van der Waals surface area contributed by atoms with E-state index >= 15 is 0 Å². The van der Waals surface area contributed by atoms with Crippen molar-refractivity contribution in [3.8, 4) is 0 Å². The van der Waals surface area contributed by atoms with Crippen molar-refractivity contribution in [1.82, 2.24) is 20.4 Å². The van der Waals surface area contributed by atoms with Crippen LogP contribution >= 0.6 is 23.2 Å². The van der Waals surface area contributed by atoms with Crippen LogP contribution in [0.3, 0.4) is 0 Å². The zero-order chi connectivity index (χ0) is 31.6. The molecule has 3 aromatic rings. The molecule has 1 fully saturated rings. The van der Waals surface area contributed by atoms with Gasteiger partial charge in [-0.1, -0.05) is 83.9 Å². The van der Waals surface area contributed by atoms with Crippen molar-refractivity contribution in [2.45, 2.75) is 77.0 Å². The number of hydrogen-bond acceptors (Lipinski definition) is 4. The van der Waals surface area contributed by atoms with E-state index in [0.29, 0.717) is 53.7 Å². The van der Waals surface area contributed by atoms with E-state index < -0.39 is 0 Å². The highest BCUT2D eigenvalue weighted by Gasteiger charge is 2.33. The third kappa shape index (κ3) is 9.31. The third-order valence-electron chi connectivity index (χ3n) is 8.56. The van der Waals surface area contributed by atoms with Gasteiger partial charge in [0, 0.05) is 55.8 Å². The van der Waals surface area contributed by atoms with Crippen LogP contribution in [0.15, 0.2) is 78.9 Å². The van der Waals surface area contributed by atoms with Crippen LogP contribution in [-0.2, 0) is 4.79 Å². The molecule has 8 heteroatoms. The molecule has 1 aliphatic rings. The number of hydrogen-bond donors (Lipinski definition) is 2. The smallest absolute Gasteiger partial charge is 0.251 e. The summed E-state index contributed by atoms with van der Waals surface area (Å²) >= 11 is 12.1. The highest BCUT2D eigenvalue weighted by molar-refractivity contribution is 6.42. The van der Waals surface area contributed by atoms with Crippen LogP contribution in [0.4, 0.5) is 0 Å². The van der Waals surface area contributed by atoms with Crippen LogP contribution in [0, 0.1) is 0 Å². The zero-order valence-corrected chi connectivity index (χ0v) is 27.8. The summed E-state index contributed by atoms with van der Waals surface area (Å²) in [5.74, 6) is 0.0352. The molecule has 0 aromatic heterocycles. The minimum Gasteiger partial charge on any atom is -0.352 e. The van der Waals surface area contributed by atoms with Crippen LogP contribution in [0.1, 0.15) is 74.4 Å². The minimum atomic E-state index is -0.305. The number of amides is 2. The molecule has 2 atom stereocenters. The molecule has 3 aromatic carbocycles. The number of nitrogens with zero attached hydrogens (tertiary/aromatic N) is 2. The lowest BCUT2D eigenvalue weighted by atomic mass is 9.90. The van der Waals surface area contributed by atoms with Crippen LogP contribution in [0.25, 0.3) is 0 Å². The first kappa shape index (κ1) is 34.0. The number of rotatable bonds is 13. The lowest BCUT2D eigenvalue weighted by Gasteiger charge is -2.33. The number of carbonyl (C=O) groups excluding carboxylic acids is 2. The van der Waals surface area contributed by atoms with Crippen molar-refractivity contribution in [1.29, 1.82) is 0 Å². The second-order valence-electron chi connectivity index (χ2n) is 12.3. The molecular weight excluding hydrogens is 591 g/mol. The highest BCUT2D eigenvalue weighted by atomic mass is 35.5. The highest BCUT2D eigenvalue weighted by Crippen LogP contribution is 2.27. The van der Waals surface area contributed by atoms with Gasteiger partial charge in [0.05, 0.1) is 16.1 Å². The van der Waals surface area contributed by atoms with Gasteiger partial charge in [0.2, 0.25) is 5.91 Å². The molecule has 1 aliphatic heterocycles. The maximum Gasteiger partial charge on any atom is 0.251 e. The quantitative estimate of drug-likeness (QED) is 0.212. The SMILES string of the molecule is CC(C)N(CCC1NC(CCNC(=O)c2ccc(Cl)c(Cl)c2)CCN(CC(c2ccccc2)c2ccccc2)C1=O)C(C)C. The average molecular weight is 638 g/mol. The van der Waals surface area contributed by atoms with Gasteiger partial charge in [-0.25, -0.2) is 0 Å². The second kappa shape index (κ2) is 16.4. The van der Waals surface area contributed by atoms with E-state index in [4.69, 9.17) is 23.2 Å². The lowest BCUT2D eigenvalue weighted by Crippen LogP contribution is -2.49. The first-order valence-electron chi connectivity index (χ1n) is 15.8. The van der Waals surface area contributed by atoms with E-state index in [-0.39, 0.29) is 29.8 Å². The monoisotopic (exact) mass is 636 g/mol. The largest absolute Gasteiger partial charge is 0.352 e. The fourth-order valence-electron chi connectivity index (χ4n) is 6.18. The molecule has 2 amide bonds. The van der Waals surface area contributed by atoms with E-state index in [1.165, 1.54) is 11.1 Å². The summed E-state index contributed by atoms with van der Waals surface area (Å²) in [5, 5.41) is 7.49. The van der Waals surface area contributed by atoms with Crippen LogP contribution in [-0.4, -0.2) is 72.0 Å².